The summed E-state index contributed by atoms with van der Waals surface area (Å²) >= 11 is 7.43. The number of thiazole rings is 1. The average molecular weight is 255 g/mol. The lowest BCUT2D eigenvalue weighted by Gasteiger charge is -2.01. The van der Waals surface area contributed by atoms with Gasteiger partial charge in [-0.2, -0.15) is 0 Å². The minimum Gasteiger partial charge on any atom is -0.362 e. The molecule has 4 nitrogen and oxygen atoms in total. The summed E-state index contributed by atoms with van der Waals surface area (Å²) in [5.74, 6) is 0.667. The summed E-state index contributed by atoms with van der Waals surface area (Å²) in [6, 6.07) is 0. The summed E-state index contributed by atoms with van der Waals surface area (Å²) in [6.45, 7) is 2.77. The molecular weight excluding hydrogens is 244 g/mol. The number of halogens is 1. The maximum Gasteiger partial charge on any atom is 0.149 e. The predicted octanol–water partition coefficient (Wildman–Crippen LogP) is 2.76. The Bertz CT molecular complexity index is 471. The van der Waals surface area contributed by atoms with Crippen LogP contribution in [0.25, 0.3) is 0 Å². The molecule has 1 N–H and O–H groups in total. The van der Waals surface area contributed by atoms with Gasteiger partial charge in [-0.25, -0.2) is 9.97 Å². The molecule has 0 spiro atoms. The first-order valence-electron chi connectivity index (χ1n) is 4.93. The van der Waals surface area contributed by atoms with Gasteiger partial charge in [0.2, 0.25) is 0 Å². The van der Waals surface area contributed by atoms with Crippen LogP contribution in [0.1, 0.15) is 16.8 Å². The van der Waals surface area contributed by atoms with Crippen LogP contribution in [0.4, 0.5) is 5.82 Å². The second-order valence-corrected chi connectivity index (χ2v) is 4.74. The first kappa shape index (κ1) is 11.3. The van der Waals surface area contributed by atoms with E-state index in [2.05, 4.69) is 27.2 Å². The van der Waals surface area contributed by atoms with Crippen LogP contribution in [0.2, 0.25) is 5.15 Å². The lowest BCUT2D eigenvalue weighted by molar-refractivity contribution is 1.06. The molecule has 6 heteroatoms. The molecule has 0 fully saturated rings. The van der Waals surface area contributed by atoms with Gasteiger partial charge in [-0.05, 0) is 6.42 Å². The normalized spacial score (nSPS) is 10.4. The van der Waals surface area contributed by atoms with Gasteiger partial charge in [-0.15, -0.1) is 11.3 Å². The van der Waals surface area contributed by atoms with Crippen molar-refractivity contribution in [2.75, 3.05) is 5.32 Å². The third-order valence-electron chi connectivity index (χ3n) is 1.98. The van der Waals surface area contributed by atoms with Crippen LogP contribution in [0.3, 0.4) is 0 Å². The fourth-order valence-electron chi connectivity index (χ4n) is 1.19. The molecule has 2 aromatic heterocycles. The van der Waals surface area contributed by atoms with Gasteiger partial charge in [-0.1, -0.05) is 18.5 Å². The lowest BCUT2D eigenvalue weighted by atomic mass is 10.4. The standard InChI is InChI=1S/C10H11ClN4S/c1-2-7-3-14-10(16-7)6-13-9-5-12-4-8(11)15-9/h3-5H,2,6H2,1H3,(H,13,15). The van der Waals surface area contributed by atoms with Gasteiger partial charge < -0.3 is 5.32 Å². The Kier molecular flexibility index (Phi) is 3.69. The summed E-state index contributed by atoms with van der Waals surface area (Å²) in [5.41, 5.74) is 0. The molecule has 0 radical (unpaired) electrons. The van der Waals surface area contributed by atoms with E-state index in [0.717, 1.165) is 11.4 Å². The lowest BCUT2D eigenvalue weighted by Crippen LogP contribution is -2.01. The van der Waals surface area contributed by atoms with Crippen LogP contribution >= 0.6 is 22.9 Å². The van der Waals surface area contributed by atoms with Gasteiger partial charge in [0.1, 0.15) is 16.0 Å². The SMILES string of the molecule is CCc1cnc(CNc2cncc(Cl)n2)s1. The van der Waals surface area contributed by atoms with Crippen molar-refractivity contribution in [3.63, 3.8) is 0 Å². The molecule has 0 aliphatic carbocycles. The van der Waals surface area contributed by atoms with Crippen molar-refractivity contribution in [2.24, 2.45) is 0 Å². The first-order chi connectivity index (χ1) is 7.78. The van der Waals surface area contributed by atoms with Crippen molar-refractivity contribution in [3.05, 3.63) is 33.6 Å². The summed E-state index contributed by atoms with van der Waals surface area (Å²) in [5, 5.41) is 4.56. The number of nitrogens with zero attached hydrogens (tertiary/aromatic N) is 3. The van der Waals surface area contributed by atoms with E-state index in [1.165, 1.54) is 11.1 Å². The second kappa shape index (κ2) is 5.23. The highest BCUT2D eigenvalue weighted by atomic mass is 35.5. The van der Waals surface area contributed by atoms with Crippen molar-refractivity contribution < 1.29 is 0 Å². The Morgan fingerprint density at radius 3 is 2.94 bits per heavy atom. The summed E-state index contributed by atoms with van der Waals surface area (Å²) in [6.07, 6.45) is 6.07. The third kappa shape index (κ3) is 2.90. The van der Waals surface area contributed by atoms with E-state index in [-0.39, 0.29) is 0 Å². The molecule has 0 saturated heterocycles. The minimum absolute atomic E-state index is 0.387. The molecule has 0 amide bonds. The highest BCUT2D eigenvalue weighted by Gasteiger charge is 2.01. The molecule has 16 heavy (non-hydrogen) atoms. The molecule has 84 valence electrons. The highest BCUT2D eigenvalue weighted by molar-refractivity contribution is 7.11. The third-order valence-corrected chi connectivity index (χ3v) is 3.30. The van der Waals surface area contributed by atoms with Crippen LogP contribution in [-0.4, -0.2) is 15.0 Å². The molecule has 0 bridgehead atoms. The molecule has 2 heterocycles. The Morgan fingerprint density at radius 1 is 1.38 bits per heavy atom. The first-order valence-corrected chi connectivity index (χ1v) is 6.12. The summed E-state index contributed by atoms with van der Waals surface area (Å²) in [4.78, 5) is 13.6. The van der Waals surface area contributed by atoms with E-state index in [1.807, 2.05) is 6.20 Å². The Labute approximate surface area is 103 Å². The maximum atomic E-state index is 5.73. The fraction of sp³-hybridized carbons (Fsp3) is 0.300. The smallest absolute Gasteiger partial charge is 0.149 e. The van der Waals surface area contributed by atoms with Gasteiger partial charge >= 0.3 is 0 Å². The topological polar surface area (TPSA) is 50.7 Å². The fourth-order valence-corrected chi connectivity index (χ4v) is 2.14. The predicted molar refractivity (Wildman–Crippen MR) is 65.9 cm³/mol. The molecule has 0 aromatic carbocycles. The van der Waals surface area contributed by atoms with Crippen molar-refractivity contribution >= 4 is 28.8 Å². The molecule has 2 rings (SSSR count). The molecule has 0 saturated carbocycles. The van der Waals surface area contributed by atoms with Gasteiger partial charge in [0.05, 0.1) is 18.9 Å². The number of nitrogens with one attached hydrogen (secondary N) is 1. The van der Waals surface area contributed by atoms with Crippen LogP contribution in [-0.2, 0) is 13.0 Å². The molecule has 0 aliphatic heterocycles. The molecule has 2 aromatic rings. The summed E-state index contributed by atoms with van der Waals surface area (Å²) in [7, 11) is 0. The van der Waals surface area contributed by atoms with Crippen LogP contribution in [0, 0.1) is 0 Å². The van der Waals surface area contributed by atoms with E-state index in [1.54, 1.807) is 17.5 Å². The monoisotopic (exact) mass is 254 g/mol. The van der Waals surface area contributed by atoms with E-state index >= 15 is 0 Å². The number of anilines is 1. The minimum atomic E-state index is 0.387. The summed E-state index contributed by atoms with van der Waals surface area (Å²) < 4.78 is 0. The molecule has 0 unspecified atom stereocenters. The number of aryl methyl sites for hydroxylation is 1. The molecule has 0 aliphatic rings. The van der Waals surface area contributed by atoms with E-state index in [4.69, 9.17) is 11.6 Å². The van der Waals surface area contributed by atoms with Crippen LogP contribution in [0.15, 0.2) is 18.6 Å². The Hall–Kier alpha value is -1.20. The van der Waals surface area contributed by atoms with E-state index in [0.29, 0.717) is 17.5 Å². The number of aromatic nitrogens is 3. The number of hydrogen-bond acceptors (Lipinski definition) is 5. The van der Waals surface area contributed by atoms with E-state index in [9.17, 15) is 0 Å². The van der Waals surface area contributed by atoms with Crippen molar-refractivity contribution in [3.8, 4) is 0 Å². The number of rotatable bonds is 4. The number of hydrogen-bond donors (Lipinski definition) is 1. The zero-order valence-electron chi connectivity index (χ0n) is 8.77. The second-order valence-electron chi connectivity index (χ2n) is 3.15. The average Bonchev–Trinajstić information content (AvgIpc) is 2.74. The van der Waals surface area contributed by atoms with Crippen molar-refractivity contribution in [1.82, 2.24) is 15.0 Å². The van der Waals surface area contributed by atoms with Crippen molar-refractivity contribution in [2.45, 2.75) is 19.9 Å². The van der Waals surface area contributed by atoms with E-state index < -0.39 is 0 Å². The molecular formula is C10H11ClN4S. The van der Waals surface area contributed by atoms with Crippen molar-refractivity contribution in [1.29, 1.82) is 0 Å². The molecule has 0 atom stereocenters. The Morgan fingerprint density at radius 2 is 2.25 bits per heavy atom. The highest BCUT2D eigenvalue weighted by Crippen LogP contribution is 2.15. The Balaban J connectivity index is 1.96. The zero-order valence-corrected chi connectivity index (χ0v) is 10.3. The van der Waals surface area contributed by atoms with Gasteiger partial charge in [-0.3, -0.25) is 4.98 Å². The van der Waals surface area contributed by atoms with Crippen LogP contribution < -0.4 is 5.32 Å². The largest absolute Gasteiger partial charge is 0.362 e. The van der Waals surface area contributed by atoms with Gasteiger partial charge in [0.15, 0.2) is 0 Å². The van der Waals surface area contributed by atoms with Crippen LogP contribution in [0.5, 0.6) is 0 Å². The quantitative estimate of drug-likeness (QED) is 0.912. The zero-order chi connectivity index (χ0) is 11.4. The maximum absolute atomic E-state index is 5.73. The van der Waals surface area contributed by atoms with Gasteiger partial charge in [0.25, 0.3) is 0 Å². The van der Waals surface area contributed by atoms with Gasteiger partial charge in [0, 0.05) is 11.1 Å².